The molecule has 0 N–H and O–H groups in total. The van der Waals surface area contributed by atoms with Crippen LogP contribution < -0.4 is 0 Å². The maximum atomic E-state index is 11.4. The van der Waals surface area contributed by atoms with Crippen LogP contribution in [0.2, 0.25) is 0 Å². The molecule has 1 saturated heterocycles. The van der Waals surface area contributed by atoms with Crippen molar-refractivity contribution in [2.45, 2.75) is 19.3 Å². The van der Waals surface area contributed by atoms with Gasteiger partial charge >= 0.3 is 5.97 Å². The fraction of sp³-hybridized carbons (Fsp3) is 0.333. The molecule has 2 heterocycles. The highest BCUT2D eigenvalue weighted by atomic mass is 16.7. The molecule has 1 aromatic rings. The van der Waals surface area contributed by atoms with Gasteiger partial charge in [-0.2, -0.15) is 0 Å². The first-order valence-electron chi connectivity index (χ1n) is 6.33. The number of hydrogen-bond donors (Lipinski definition) is 0. The first-order valence-corrected chi connectivity index (χ1v) is 6.33. The van der Waals surface area contributed by atoms with Gasteiger partial charge in [0.15, 0.2) is 11.5 Å². The van der Waals surface area contributed by atoms with Crippen molar-refractivity contribution in [1.82, 2.24) is 0 Å². The molecule has 3 rings (SSSR count). The van der Waals surface area contributed by atoms with Crippen LogP contribution in [0.3, 0.4) is 0 Å². The molecule has 0 bridgehead atoms. The zero-order valence-electron chi connectivity index (χ0n) is 11.2. The van der Waals surface area contributed by atoms with Crippen LogP contribution in [-0.4, -0.2) is 25.2 Å². The Morgan fingerprint density at radius 1 is 1.20 bits per heavy atom. The normalized spacial score (nSPS) is 26.9. The van der Waals surface area contributed by atoms with E-state index >= 15 is 0 Å². The molecule has 0 unspecified atom stereocenters. The molecule has 0 spiro atoms. The molecule has 5 heteroatoms. The number of methoxy groups -OCH3 is 1. The van der Waals surface area contributed by atoms with Crippen molar-refractivity contribution >= 4 is 11.8 Å². The van der Waals surface area contributed by atoms with Gasteiger partial charge in [-0.05, 0) is 23.8 Å². The Morgan fingerprint density at radius 3 is 2.50 bits per heavy atom. The second-order valence-electron chi connectivity index (χ2n) is 4.82. The molecule has 5 nitrogen and oxygen atoms in total. The molecule has 0 aliphatic carbocycles. The van der Waals surface area contributed by atoms with Gasteiger partial charge in [0.05, 0.1) is 24.7 Å². The van der Waals surface area contributed by atoms with Crippen LogP contribution >= 0.6 is 0 Å². The molecule has 0 radical (unpaired) electrons. The van der Waals surface area contributed by atoms with E-state index in [9.17, 15) is 9.59 Å². The van der Waals surface area contributed by atoms with Crippen LogP contribution in [0.25, 0.3) is 0 Å². The smallest absolute Gasteiger partial charge is 0.337 e. The van der Waals surface area contributed by atoms with Crippen molar-refractivity contribution in [3.8, 4) is 0 Å². The maximum Gasteiger partial charge on any atom is 0.337 e. The van der Waals surface area contributed by atoms with Gasteiger partial charge in [-0.1, -0.05) is 12.1 Å². The molecular formula is C15H14O5. The number of allylic oxidation sites excluding steroid dienone is 1. The Bertz CT molecular complexity index is 587. The molecule has 1 fully saturated rings. The minimum atomic E-state index is -0.369. The highest BCUT2D eigenvalue weighted by Gasteiger charge is 2.48. The third kappa shape index (κ3) is 2.00. The molecule has 2 aliphatic rings. The van der Waals surface area contributed by atoms with Crippen LogP contribution in [0.15, 0.2) is 36.1 Å². The summed E-state index contributed by atoms with van der Waals surface area (Å²) in [5.74, 6) is -0.0405. The molecule has 0 saturated carbocycles. The second kappa shape index (κ2) is 4.76. The summed E-state index contributed by atoms with van der Waals surface area (Å²) in [6, 6.07) is 7.05. The Kier molecular flexibility index (Phi) is 3.06. The quantitative estimate of drug-likeness (QED) is 0.789. The van der Waals surface area contributed by atoms with Gasteiger partial charge in [-0.3, -0.25) is 4.79 Å². The summed E-state index contributed by atoms with van der Waals surface area (Å²) >= 11 is 0. The van der Waals surface area contributed by atoms with E-state index < -0.39 is 0 Å². The highest BCUT2D eigenvalue weighted by Crippen LogP contribution is 2.47. The maximum absolute atomic E-state index is 11.4. The summed E-state index contributed by atoms with van der Waals surface area (Å²) in [5.41, 5.74) is 1.44. The van der Waals surface area contributed by atoms with Crippen molar-refractivity contribution in [1.29, 1.82) is 0 Å². The largest absolute Gasteiger partial charge is 0.465 e. The summed E-state index contributed by atoms with van der Waals surface area (Å²) in [6.07, 6.45) is 1.32. The first kappa shape index (κ1) is 12.9. The summed E-state index contributed by atoms with van der Waals surface area (Å²) < 4.78 is 15.6. The van der Waals surface area contributed by atoms with Crippen LogP contribution in [0, 0.1) is 5.92 Å². The average molecular weight is 274 g/mol. The predicted molar refractivity (Wildman–Crippen MR) is 68.7 cm³/mol. The van der Waals surface area contributed by atoms with Gasteiger partial charge in [0, 0.05) is 6.92 Å². The molecule has 2 aliphatic heterocycles. The van der Waals surface area contributed by atoms with Crippen molar-refractivity contribution < 1.29 is 23.8 Å². The second-order valence-corrected chi connectivity index (χ2v) is 4.82. The van der Waals surface area contributed by atoms with Crippen molar-refractivity contribution in [3.05, 3.63) is 47.2 Å². The standard InChI is InChI=1S/C15H14O5/c1-8(16)12-7-11-13(20-15(11)19-12)9-3-5-10(6-4-9)14(17)18-2/h3-7,11,13,15H,1-2H3/t11-,13-,15+/m0/s1. The third-order valence-corrected chi connectivity index (χ3v) is 3.54. The lowest BCUT2D eigenvalue weighted by Crippen LogP contribution is -2.39. The number of Topliss-reactive ketones (excluding diaryl/α,β-unsaturated/α-hetero) is 1. The van der Waals surface area contributed by atoms with E-state index in [-0.39, 0.29) is 30.1 Å². The molecule has 1 aromatic carbocycles. The monoisotopic (exact) mass is 274 g/mol. The van der Waals surface area contributed by atoms with Crippen molar-refractivity contribution in [3.63, 3.8) is 0 Å². The summed E-state index contributed by atoms with van der Waals surface area (Å²) in [5, 5.41) is 0. The van der Waals surface area contributed by atoms with Gasteiger partial charge in [0.2, 0.25) is 6.29 Å². The zero-order valence-corrected chi connectivity index (χ0v) is 11.2. The highest BCUT2D eigenvalue weighted by molar-refractivity contribution is 5.91. The number of hydrogen-bond acceptors (Lipinski definition) is 5. The Hall–Kier alpha value is -2.14. The van der Waals surface area contributed by atoms with Gasteiger partial charge in [-0.25, -0.2) is 4.79 Å². The van der Waals surface area contributed by atoms with Crippen LogP contribution in [0.4, 0.5) is 0 Å². The third-order valence-electron chi connectivity index (χ3n) is 3.54. The Labute approximate surface area is 116 Å². The number of carbonyl (C=O) groups is 2. The average Bonchev–Trinajstić information content (AvgIpc) is 2.77. The number of carbonyl (C=O) groups excluding carboxylic acids is 2. The van der Waals surface area contributed by atoms with E-state index in [1.54, 1.807) is 12.1 Å². The molecule has 3 atom stereocenters. The lowest BCUT2D eigenvalue weighted by molar-refractivity contribution is -0.261. The van der Waals surface area contributed by atoms with Gasteiger partial charge in [0.25, 0.3) is 0 Å². The van der Waals surface area contributed by atoms with E-state index in [2.05, 4.69) is 4.74 Å². The summed E-state index contributed by atoms with van der Waals surface area (Å²) in [7, 11) is 1.35. The van der Waals surface area contributed by atoms with Crippen molar-refractivity contribution in [2.24, 2.45) is 5.92 Å². The molecule has 0 aromatic heterocycles. The SMILES string of the molecule is COC(=O)c1ccc([C@@H]2O[C@H]3OC(C(C)=O)=C[C@H]32)cc1. The lowest BCUT2D eigenvalue weighted by atomic mass is 9.90. The van der Waals surface area contributed by atoms with Crippen LogP contribution in [0.1, 0.15) is 28.9 Å². The van der Waals surface area contributed by atoms with E-state index in [1.807, 2.05) is 18.2 Å². The molecule has 104 valence electrons. The van der Waals surface area contributed by atoms with E-state index in [1.165, 1.54) is 14.0 Å². The Morgan fingerprint density at radius 2 is 1.90 bits per heavy atom. The minimum Gasteiger partial charge on any atom is -0.465 e. The molecule has 0 amide bonds. The molecular weight excluding hydrogens is 260 g/mol. The van der Waals surface area contributed by atoms with Gasteiger partial charge < -0.3 is 14.2 Å². The van der Waals surface area contributed by atoms with E-state index in [4.69, 9.17) is 9.47 Å². The zero-order chi connectivity index (χ0) is 14.3. The number of benzene rings is 1. The van der Waals surface area contributed by atoms with Crippen molar-refractivity contribution in [2.75, 3.05) is 7.11 Å². The minimum absolute atomic E-state index is 0.0536. The van der Waals surface area contributed by atoms with Gasteiger partial charge in [0.1, 0.15) is 0 Å². The number of rotatable bonds is 3. The van der Waals surface area contributed by atoms with Crippen LogP contribution in [0.5, 0.6) is 0 Å². The first-order chi connectivity index (χ1) is 9.60. The molecule has 20 heavy (non-hydrogen) atoms. The summed E-state index contributed by atoms with van der Waals surface area (Å²) in [4.78, 5) is 22.6. The van der Waals surface area contributed by atoms with Crippen LogP contribution in [-0.2, 0) is 19.0 Å². The topological polar surface area (TPSA) is 61.8 Å². The number of ketones is 1. The number of ether oxygens (including phenoxy) is 3. The van der Waals surface area contributed by atoms with E-state index in [0.717, 1.165) is 5.56 Å². The number of esters is 1. The predicted octanol–water partition coefficient (Wildman–Crippen LogP) is 1.99. The fourth-order valence-electron chi connectivity index (χ4n) is 2.42. The lowest BCUT2D eigenvalue weighted by Gasteiger charge is -2.38. The Balaban J connectivity index is 1.76. The number of fused-ring (bicyclic) bond motifs is 1. The summed E-state index contributed by atoms with van der Waals surface area (Å²) in [6.45, 7) is 1.47. The van der Waals surface area contributed by atoms with Gasteiger partial charge in [-0.15, -0.1) is 0 Å². The fourth-order valence-corrected chi connectivity index (χ4v) is 2.42. The van der Waals surface area contributed by atoms with E-state index in [0.29, 0.717) is 11.3 Å².